The number of nitrogens with two attached hydrogens (primary N) is 1. The van der Waals surface area contributed by atoms with E-state index in [1.54, 1.807) is 0 Å². The summed E-state index contributed by atoms with van der Waals surface area (Å²) >= 11 is 0.709. The molecule has 1 atom stereocenters. The fraction of sp³-hybridized carbons (Fsp3) is 0.333. The van der Waals surface area contributed by atoms with E-state index in [0.29, 0.717) is 11.3 Å². The standard InChI is InChI=1S/C6H8N4O4S3/c7-5-8-9-6(15-5)17(13,14)10-4-1-2-16(11,12)3-4/h1-2,4,10H,3H2,(H2,7,8). The number of nitrogens with one attached hydrogen (secondary N) is 1. The predicted molar refractivity (Wildman–Crippen MR) is 61.4 cm³/mol. The second-order valence-corrected chi connectivity index (χ2v) is 8.12. The van der Waals surface area contributed by atoms with Crippen molar-refractivity contribution in [3.8, 4) is 0 Å². The molecule has 0 bridgehead atoms. The average molecular weight is 296 g/mol. The van der Waals surface area contributed by atoms with Gasteiger partial charge in [-0.3, -0.25) is 0 Å². The Morgan fingerprint density at radius 3 is 2.65 bits per heavy atom. The Balaban J connectivity index is 2.18. The second kappa shape index (κ2) is 4.01. The number of hydrogen-bond donors (Lipinski definition) is 2. The van der Waals surface area contributed by atoms with Gasteiger partial charge in [0, 0.05) is 5.41 Å². The van der Waals surface area contributed by atoms with Crippen molar-refractivity contribution in [3.05, 3.63) is 11.5 Å². The number of sulfonamides is 1. The highest BCUT2D eigenvalue weighted by molar-refractivity contribution is 7.94. The number of nitrogens with zero attached hydrogens (tertiary/aromatic N) is 2. The first-order chi connectivity index (χ1) is 7.78. The van der Waals surface area contributed by atoms with Crippen molar-refractivity contribution in [1.82, 2.24) is 14.9 Å². The molecule has 0 saturated heterocycles. The van der Waals surface area contributed by atoms with Crippen LogP contribution in [-0.4, -0.2) is 38.8 Å². The zero-order chi connectivity index (χ0) is 12.7. The Morgan fingerprint density at radius 1 is 1.47 bits per heavy atom. The van der Waals surface area contributed by atoms with Gasteiger partial charge in [0.25, 0.3) is 10.0 Å². The van der Waals surface area contributed by atoms with Gasteiger partial charge in [-0.25, -0.2) is 21.6 Å². The fourth-order valence-electron chi connectivity index (χ4n) is 1.23. The Morgan fingerprint density at radius 2 is 2.18 bits per heavy atom. The molecule has 1 aromatic heterocycles. The lowest BCUT2D eigenvalue weighted by atomic mass is 10.4. The summed E-state index contributed by atoms with van der Waals surface area (Å²) in [7, 11) is -7.18. The molecule has 3 N–H and O–H groups in total. The quantitative estimate of drug-likeness (QED) is 0.709. The molecule has 17 heavy (non-hydrogen) atoms. The van der Waals surface area contributed by atoms with Crippen molar-refractivity contribution >= 4 is 36.3 Å². The topological polar surface area (TPSA) is 132 Å². The minimum Gasteiger partial charge on any atom is -0.374 e. The van der Waals surface area contributed by atoms with Crippen molar-refractivity contribution < 1.29 is 16.8 Å². The van der Waals surface area contributed by atoms with Crippen LogP contribution in [0.3, 0.4) is 0 Å². The van der Waals surface area contributed by atoms with E-state index in [-0.39, 0.29) is 15.2 Å². The number of nitrogen functional groups attached to an aromatic ring is 1. The fourth-order valence-corrected chi connectivity index (χ4v) is 4.56. The molecule has 0 saturated carbocycles. The maximum Gasteiger partial charge on any atom is 0.270 e. The van der Waals surface area contributed by atoms with Gasteiger partial charge in [-0.05, 0) is 0 Å². The molecule has 0 radical (unpaired) electrons. The number of aromatic nitrogens is 2. The van der Waals surface area contributed by atoms with E-state index in [9.17, 15) is 16.8 Å². The molecular weight excluding hydrogens is 288 g/mol. The van der Waals surface area contributed by atoms with Crippen molar-refractivity contribution in [3.63, 3.8) is 0 Å². The summed E-state index contributed by atoms with van der Waals surface area (Å²) in [5, 5.41) is 7.77. The highest BCUT2D eigenvalue weighted by Gasteiger charge is 2.28. The zero-order valence-corrected chi connectivity index (χ0v) is 10.7. The molecule has 0 spiro atoms. The van der Waals surface area contributed by atoms with E-state index in [1.165, 1.54) is 6.08 Å². The van der Waals surface area contributed by atoms with Gasteiger partial charge >= 0.3 is 0 Å². The second-order valence-electron chi connectivity index (χ2n) is 3.29. The number of sulfone groups is 1. The molecule has 2 heterocycles. The Hall–Kier alpha value is -1.04. The Bertz CT molecular complexity index is 659. The van der Waals surface area contributed by atoms with Crippen LogP contribution in [0.2, 0.25) is 0 Å². The van der Waals surface area contributed by atoms with Crippen LogP contribution < -0.4 is 10.5 Å². The molecule has 94 valence electrons. The molecule has 0 aliphatic carbocycles. The van der Waals surface area contributed by atoms with Crippen LogP contribution in [0, 0.1) is 0 Å². The first-order valence-corrected chi connectivity index (χ1v) is 8.32. The number of hydrogen-bond acceptors (Lipinski definition) is 8. The van der Waals surface area contributed by atoms with Gasteiger partial charge in [0.15, 0.2) is 9.84 Å². The summed E-state index contributed by atoms with van der Waals surface area (Å²) in [5.74, 6) is -0.291. The molecule has 2 rings (SSSR count). The van der Waals surface area contributed by atoms with Crippen molar-refractivity contribution in [2.45, 2.75) is 10.4 Å². The molecule has 1 aromatic rings. The third-order valence-electron chi connectivity index (χ3n) is 1.89. The molecular formula is C6H8N4O4S3. The molecule has 1 aliphatic heterocycles. The van der Waals surface area contributed by atoms with E-state index >= 15 is 0 Å². The minimum absolute atomic E-state index is 0.0277. The van der Waals surface area contributed by atoms with Crippen molar-refractivity contribution in [2.75, 3.05) is 11.5 Å². The third-order valence-corrected chi connectivity index (χ3v) is 5.89. The van der Waals surface area contributed by atoms with Crippen LogP contribution in [0.4, 0.5) is 5.13 Å². The van der Waals surface area contributed by atoms with E-state index in [4.69, 9.17) is 5.73 Å². The van der Waals surface area contributed by atoms with Crippen LogP contribution in [0.1, 0.15) is 0 Å². The summed E-state index contributed by atoms with van der Waals surface area (Å²) in [6, 6.07) is -0.782. The number of rotatable bonds is 3. The predicted octanol–water partition coefficient (Wildman–Crippen LogP) is -1.29. The van der Waals surface area contributed by atoms with Crippen LogP contribution in [-0.2, 0) is 19.9 Å². The first kappa shape index (κ1) is 12.4. The van der Waals surface area contributed by atoms with Crippen LogP contribution >= 0.6 is 11.3 Å². The zero-order valence-electron chi connectivity index (χ0n) is 8.27. The van der Waals surface area contributed by atoms with E-state index in [1.807, 2.05) is 0 Å². The van der Waals surface area contributed by atoms with Crippen LogP contribution in [0.15, 0.2) is 15.8 Å². The Labute approximate surface area is 102 Å². The summed E-state index contributed by atoms with van der Waals surface area (Å²) < 4.78 is 47.6. The summed E-state index contributed by atoms with van der Waals surface area (Å²) in [5.41, 5.74) is 5.27. The number of anilines is 1. The largest absolute Gasteiger partial charge is 0.374 e. The van der Waals surface area contributed by atoms with Gasteiger partial charge < -0.3 is 5.73 Å². The summed E-state index contributed by atoms with van der Waals surface area (Å²) in [6.07, 6.45) is 1.28. The van der Waals surface area contributed by atoms with Crippen LogP contribution in [0.25, 0.3) is 0 Å². The monoisotopic (exact) mass is 296 g/mol. The maximum atomic E-state index is 11.7. The average Bonchev–Trinajstić information content (AvgIpc) is 2.72. The SMILES string of the molecule is Nc1nnc(S(=O)(=O)NC2C=CS(=O)(=O)C2)s1. The molecule has 1 aliphatic rings. The van der Waals surface area contributed by atoms with E-state index in [2.05, 4.69) is 14.9 Å². The smallest absolute Gasteiger partial charge is 0.270 e. The Kier molecular flexibility index (Phi) is 2.93. The molecule has 11 heteroatoms. The van der Waals surface area contributed by atoms with Crippen molar-refractivity contribution in [2.24, 2.45) is 0 Å². The van der Waals surface area contributed by atoms with Gasteiger partial charge in [0.05, 0.1) is 11.8 Å². The molecule has 8 nitrogen and oxygen atoms in total. The van der Waals surface area contributed by atoms with Gasteiger partial charge in [-0.15, -0.1) is 10.2 Å². The van der Waals surface area contributed by atoms with Gasteiger partial charge in [0.1, 0.15) is 0 Å². The van der Waals surface area contributed by atoms with Crippen LogP contribution in [0.5, 0.6) is 0 Å². The van der Waals surface area contributed by atoms with Crippen molar-refractivity contribution in [1.29, 1.82) is 0 Å². The normalized spacial score (nSPS) is 22.9. The lowest BCUT2D eigenvalue weighted by Crippen LogP contribution is -2.35. The maximum absolute atomic E-state index is 11.7. The van der Waals surface area contributed by atoms with Gasteiger partial charge in [0.2, 0.25) is 9.47 Å². The highest BCUT2D eigenvalue weighted by atomic mass is 32.2. The first-order valence-electron chi connectivity index (χ1n) is 4.31. The highest BCUT2D eigenvalue weighted by Crippen LogP contribution is 2.18. The summed E-state index contributed by atoms with van der Waals surface area (Å²) in [4.78, 5) is 0. The summed E-state index contributed by atoms with van der Waals surface area (Å²) in [6.45, 7) is 0. The molecule has 0 amide bonds. The lowest BCUT2D eigenvalue weighted by molar-refractivity contribution is 0.573. The molecule has 0 aromatic carbocycles. The third kappa shape index (κ3) is 2.80. The molecule has 1 unspecified atom stereocenters. The minimum atomic E-state index is -3.87. The lowest BCUT2D eigenvalue weighted by Gasteiger charge is -2.07. The van der Waals surface area contributed by atoms with E-state index in [0.717, 1.165) is 5.41 Å². The van der Waals surface area contributed by atoms with E-state index < -0.39 is 25.9 Å². The van der Waals surface area contributed by atoms with Gasteiger partial charge in [-0.1, -0.05) is 17.4 Å². The van der Waals surface area contributed by atoms with Gasteiger partial charge in [-0.2, -0.15) is 0 Å². The molecule has 0 fully saturated rings.